The summed E-state index contributed by atoms with van der Waals surface area (Å²) in [6.45, 7) is 3.43. The first kappa shape index (κ1) is 19.3. The van der Waals surface area contributed by atoms with Gasteiger partial charge in [0.15, 0.2) is 5.13 Å². The molecule has 3 amide bonds. The predicted octanol–water partition coefficient (Wildman–Crippen LogP) is 4.40. The number of aryl methyl sites for hydroxylation is 1. The first-order valence-electron chi connectivity index (χ1n) is 8.88. The van der Waals surface area contributed by atoms with Crippen LogP contribution in [0.15, 0.2) is 48.5 Å². The number of thiazole rings is 1. The summed E-state index contributed by atoms with van der Waals surface area (Å²) in [4.78, 5) is 44.3. The lowest BCUT2D eigenvalue weighted by molar-refractivity contribution is -0.119. The molecule has 0 aliphatic carbocycles. The van der Waals surface area contributed by atoms with E-state index < -0.39 is 23.8 Å². The highest BCUT2D eigenvalue weighted by atomic mass is 35.5. The number of hydrogen-bond donors (Lipinski definition) is 1. The highest BCUT2D eigenvalue weighted by Crippen LogP contribution is 2.31. The third-order valence-electron chi connectivity index (χ3n) is 4.74. The van der Waals surface area contributed by atoms with Crippen LogP contribution >= 0.6 is 22.9 Å². The van der Waals surface area contributed by atoms with Crippen molar-refractivity contribution in [2.45, 2.75) is 19.9 Å². The molecule has 1 aromatic heterocycles. The molecule has 0 fully saturated rings. The van der Waals surface area contributed by atoms with E-state index in [4.69, 9.17) is 11.6 Å². The molecule has 1 aliphatic rings. The standard InChI is InChI=1S/C21H16ClN3O3S/c1-11(25-19(27)15-5-3-4-6-16(15)20(25)28)18(26)24-21-23-17(12(2)29-21)13-7-9-14(22)10-8-13/h3-11H,1-2H3,(H,23,24,26)/t11-/m1/s1. The maximum Gasteiger partial charge on any atom is 0.262 e. The molecule has 8 heteroatoms. The van der Waals surface area contributed by atoms with Gasteiger partial charge in [-0.15, -0.1) is 11.3 Å². The monoisotopic (exact) mass is 425 g/mol. The summed E-state index contributed by atoms with van der Waals surface area (Å²) in [5.41, 5.74) is 2.26. The average Bonchev–Trinajstić information content (AvgIpc) is 3.19. The molecule has 2 heterocycles. The molecule has 3 aromatic rings. The van der Waals surface area contributed by atoms with Crippen LogP contribution in [0.1, 0.15) is 32.5 Å². The van der Waals surface area contributed by atoms with Gasteiger partial charge in [0.2, 0.25) is 5.91 Å². The normalized spacial score (nSPS) is 14.1. The number of halogens is 1. The largest absolute Gasteiger partial charge is 0.300 e. The number of benzene rings is 2. The fourth-order valence-electron chi connectivity index (χ4n) is 3.21. The summed E-state index contributed by atoms with van der Waals surface area (Å²) in [5.74, 6) is -1.41. The van der Waals surface area contributed by atoms with Crippen molar-refractivity contribution >= 4 is 45.8 Å². The lowest BCUT2D eigenvalue weighted by atomic mass is 10.1. The molecule has 0 unspecified atom stereocenters. The molecule has 0 saturated heterocycles. The first-order chi connectivity index (χ1) is 13.9. The summed E-state index contributed by atoms with van der Waals surface area (Å²) >= 11 is 7.26. The maximum absolute atomic E-state index is 12.7. The van der Waals surface area contributed by atoms with Crippen LogP contribution in [-0.2, 0) is 4.79 Å². The third kappa shape index (κ3) is 3.43. The summed E-state index contributed by atoms with van der Waals surface area (Å²) in [6.07, 6.45) is 0. The Balaban J connectivity index is 1.53. The Kier molecular flexibility index (Phi) is 4.94. The van der Waals surface area contributed by atoms with Crippen molar-refractivity contribution in [3.63, 3.8) is 0 Å². The smallest absolute Gasteiger partial charge is 0.262 e. The molecular formula is C21H16ClN3O3S. The van der Waals surface area contributed by atoms with E-state index in [1.807, 2.05) is 19.1 Å². The van der Waals surface area contributed by atoms with Crippen LogP contribution in [-0.4, -0.2) is 33.6 Å². The molecule has 0 bridgehead atoms. The Labute approximate surface area is 176 Å². The molecule has 0 radical (unpaired) electrons. The van der Waals surface area contributed by atoms with Gasteiger partial charge in [0, 0.05) is 15.5 Å². The van der Waals surface area contributed by atoms with Crippen molar-refractivity contribution in [3.8, 4) is 11.3 Å². The van der Waals surface area contributed by atoms with Gasteiger partial charge in [-0.05, 0) is 38.1 Å². The minimum atomic E-state index is -0.967. The number of imide groups is 1. The van der Waals surface area contributed by atoms with E-state index in [1.165, 1.54) is 18.3 Å². The summed E-state index contributed by atoms with van der Waals surface area (Å²) in [6, 6.07) is 12.9. The topological polar surface area (TPSA) is 79.4 Å². The fraction of sp³-hybridized carbons (Fsp3) is 0.143. The number of aromatic nitrogens is 1. The number of nitrogens with one attached hydrogen (secondary N) is 1. The number of fused-ring (bicyclic) bond motifs is 1. The molecule has 6 nitrogen and oxygen atoms in total. The van der Waals surface area contributed by atoms with E-state index in [2.05, 4.69) is 10.3 Å². The number of nitrogens with zero attached hydrogens (tertiary/aromatic N) is 2. The van der Waals surface area contributed by atoms with Gasteiger partial charge < -0.3 is 5.32 Å². The van der Waals surface area contributed by atoms with Crippen LogP contribution in [0.25, 0.3) is 11.3 Å². The molecular weight excluding hydrogens is 410 g/mol. The van der Waals surface area contributed by atoms with Gasteiger partial charge in [-0.1, -0.05) is 35.9 Å². The fourth-order valence-corrected chi connectivity index (χ4v) is 4.18. The minimum Gasteiger partial charge on any atom is -0.300 e. The van der Waals surface area contributed by atoms with E-state index in [9.17, 15) is 14.4 Å². The minimum absolute atomic E-state index is 0.312. The molecule has 1 atom stereocenters. The second-order valence-electron chi connectivity index (χ2n) is 6.62. The molecule has 2 aromatic carbocycles. The SMILES string of the molecule is Cc1sc(NC(=O)[C@@H](C)N2C(=O)c3ccccc3C2=O)nc1-c1ccc(Cl)cc1. The van der Waals surface area contributed by atoms with E-state index >= 15 is 0 Å². The van der Waals surface area contributed by atoms with Crippen LogP contribution in [0, 0.1) is 6.92 Å². The zero-order valence-electron chi connectivity index (χ0n) is 15.6. The number of carbonyl (C=O) groups excluding carboxylic acids is 3. The van der Waals surface area contributed by atoms with Crippen molar-refractivity contribution in [2.24, 2.45) is 0 Å². The van der Waals surface area contributed by atoms with Crippen molar-refractivity contribution < 1.29 is 14.4 Å². The Morgan fingerprint density at radius 2 is 1.66 bits per heavy atom. The van der Waals surface area contributed by atoms with Crippen molar-refractivity contribution in [2.75, 3.05) is 5.32 Å². The Morgan fingerprint density at radius 3 is 2.24 bits per heavy atom. The van der Waals surface area contributed by atoms with Crippen LogP contribution in [0.2, 0.25) is 5.02 Å². The number of amides is 3. The Morgan fingerprint density at radius 1 is 1.07 bits per heavy atom. The molecule has 0 saturated carbocycles. The van der Waals surface area contributed by atoms with Gasteiger partial charge in [0.25, 0.3) is 11.8 Å². The Hall–Kier alpha value is -3.03. The lowest BCUT2D eigenvalue weighted by Gasteiger charge is -2.21. The second-order valence-corrected chi connectivity index (χ2v) is 8.26. The summed E-state index contributed by atoms with van der Waals surface area (Å²) in [7, 11) is 0. The highest BCUT2D eigenvalue weighted by molar-refractivity contribution is 7.16. The van der Waals surface area contributed by atoms with Gasteiger partial charge in [0.05, 0.1) is 16.8 Å². The highest BCUT2D eigenvalue weighted by Gasteiger charge is 2.40. The van der Waals surface area contributed by atoms with Gasteiger partial charge in [-0.25, -0.2) is 4.98 Å². The van der Waals surface area contributed by atoms with Crippen molar-refractivity contribution in [1.29, 1.82) is 0 Å². The molecule has 29 heavy (non-hydrogen) atoms. The van der Waals surface area contributed by atoms with Crippen LogP contribution in [0.5, 0.6) is 0 Å². The van der Waals surface area contributed by atoms with Crippen LogP contribution < -0.4 is 5.32 Å². The molecule has 1 aliphatic heterocycles. The van der Waals surface area contributed by atoms with Crippen molar-refractivity contribution in [3.05, 3.63) is 69.6 Å². The van der Waals surface area contributed by atoms with E-state index in [-0.39, 0.29) is 0 Å². The maximum atomic E-state index is 12.7. The summed E-state index contributed by atoms with van der Waals surface area (Å²) < 4.78 is 0. The van der Waals surface area contributed by atoms with E-state index in [0.29, 0.717) is 21.3 Å². The Bertz CT molecular complexity index is 1110. The zero-order valence-corrected chi connectivity index (χ0v) is 17.2. The van der Waals surface area contributed by atoms with Crippen LogP contribution in [0.4, 0.5) is 5.13 Å². The number of hydrogen-bond acceptors (Lipinski definition) is 5. The zero-order chi connectivity index (χ0) is 20.7. The quantitative estimate of drug-likeness (QED) is 0.628. The van der Waals surface area contributed by atoms with Crippen molar-refractivity contribution in [1.82, 2.24) is 9.88 Å². The van der Waals surface area contributed by atoms with Gasteiger partial charge in [-0.2, -0.15) is 0 Å². The number of rotatable bonds is 4. The molecule has 1 N–H and O–H groups in total. The second kappa shape index (κ2) is 7.42. The van der Waals surface area contributed by atoms with E-state index in [0.717, 1.165) is 21.0 Å². The first-order valence-corrected chi connectivity index (χ1v) is 10.1. The lowest BCUT2D eigenvalue weighted by Crippen LogP contribution is -2.45. The molecule has 0 spiro atoms. The molecule has 146 valence electrons. The number of anilines is 1. The summed E-state index contributed by atoms with van der Waals surface area (Å²) in [5, 5.41) is 3.76. The molecule has 4 rings (SSSR count). The van der Waals surface area contributed by atoms with E-state index in [1.54, 1.807) is 36.4 Å². The predicted molar refractivity (Wildman–Crippen MR) is 112 cm³/mol. The average molecular weight is 426 g/mol. The van der Waals surface area contributed by atoms with Gasteiger partial charge >= 0.3 is 0 Å². The van der Waals surface area contributed by atoms with Gasteiger partial charge in [0.1, 0.15) is 6.04 Å². The van der Waals surface area contributed by atoms with Gasteiger partial charge in [-0.3, -0.25) is 19.3 Å². The number of carbonyl (C=O) groups is 3. The third-order valence-corrected chi connectivity index (χ3v) is 5.87. The van der Waals surface area contributed by atoms with Crippen LogP contribution in [0.3, 0.4) is 0 Å².